The summed E-state index contributed by atoms with van der Waals surface area (Å²) in [6.07, 6.45) is 1.61. The Kier molecular flexibility index (Phi) is 11.3. The van der Waals surface area contributed by atoms with Crippen molar-refractivity contribution < 1.29 is 9.53 Å². The fourth-order valence-electron chi connectivity index (χ4n) is 2.02. The molecule has 0 aliphatic carbocycles. The summed E-state index contributed by atoms with van der Waals surface area (Å²) in [5.74, 6) is 1.91. The molecule has 130 valence electrons. The molecule has 6 heteroatoms. The molecule has 0 spiro atoms. The van der Waals surface area contributed by atoms with Gasteiger partial charge in [-0.25, -0.2) is 4.79 Å². The zero-order chi connectivity index (χ0) is 17.0. The van der Waals surface area contributed by atoms with Gasteiger partial charge in [-0.2, -0.15) is 0 Å². The first-order valence-corrected chi connectivity index (χ1v) is 8.26. The van der Waals surface area contributed by atoms with Gasteiger partial charge in [0.25, 0.3) is 0 Å². The van der Waals surface area contributed by atoms with E-state index in [0.717, 1.165) is 25.3 Å². The molecule has 0 saturated carbocycles. The van der Waals surface area contributed by atoms with Crippen LogP contribution in [0, 0.1) is 11.8 Å². The average Bonchev–Trinajstić information content (AvgIpc) is 2.41. The van der Waals surface area contributed by atoms with Crippen LogP contribution in [0.5, 0.6) is 0 Å². The zero-order valence-electron chi connectivity index (χ0n) is 15.0. The van der Waals surface area contributed by atoms with Crippen molar-refractivity contribution in [3.05, 3.63) is 0 Å². The van der Waals surface area contributed by atoms with Crippen molar-refractivity contribution in [1.82, 2.24) is 16.0 Å². The zero-order valence-corrected chi connectivity index (χ0v) is 15.0. The van der Waals surface area contributed by atoms with Gasteiger partial charge in [0.2, 0.25) is 0 Å². The van der Waals surface area contributed by atoms with Crippen molar-refractivity contribution in [2.24, 2.45) is 16.8 Å². The second-order valence-corrected chi connectivity index (χ2v) is 6.25. The van der Waals surface area contributed by atoms with Crippen LogP contribution in [0.2, 0.25) is 0 Å². The summed E-state index contributed by atoms with van der Waals surface area (Å²) < 4.78 is 4.95. The van der Waals surface area contributed by atoms with Gasteiger partial charge in [0, 0.05) is 26.2 Å². The molecule has 0 saturated heterocycles. The molecule has 0 aromatic rings. The number of amides is 1. The molecule has 3 N–H and O–H groups in total. The SMILES string of the molecule is CCOC(=O)NC(CNC(=NC)NCCC(C)C)CC(C)C. The van der Waals surface area contributed by atoms with Gasteiger partial charge in [0.05, 0.1) is 6.61 Å². The highest BCUT2D eigenvalue weighted by molar-refractivity contribution is 5.79. The van der Waals surface area contributed by atoms with Crippen LogP contribution >= 0.6 is 0 Å². The van der Waals surface area contributed by atoms with Crippen molar-refractivity contribution in [3.63, 3.8) is 0 Å². The second kappa shape index (κ2) is 12.1. The molecule has 1 amide bonds. The topological polar surface area (TPSA) is 74.8 Å². The molecule has 0 heterocycles. The first-order chi connectivity index (χ1) is 10.4. The molecule has 0 aliphatic heterocycles. The number of carbonyl (C=O) groups excluding carboxylic acids is 1. The van der Waals surface area contributed by atoms with Crippen molar-refractivity contribution in [2.75, 3.05) is 26.7 Å². The van der Waals surface area contributed by atoms with E-state index in [-0.39, 0.29) is 12.1 Å². The van der Waals surface area contributed by atoms with Gasteiger partial charge in [-0.3, -0.25) is 4.99 Å². The number of guanidine groups is 1. The summed E-state index contributed by atoms with van der Waals surface area (Å²) >= 11 is 0. The highest BCUT2D eigenvalue weighted by Gasteiger charge is 2.15. The Morgan fingerprint density at radius 2 is 1.82 bits per heavy atom. The number of nitrogens with one attached hydrogen (secondary N) is 3. The first kappa shape index (κ1) is 20.5. The third-order valence-electron chi connectivity index (χ3n) is 3.11. The molecule has 1 unspecified atom stereocenters. The molecule has 0 radical (unpaired) electrons. The lowest BCUT2D eigenvalue weighted by Gasteiger charge is -2.22. The predicted molar refractivity (Wildman–Crippen MR) is 92.2 cm³/mol. The van der Waals surface area contributed by atoms with Crippen LogP contribution in [0.15, 0.2) is 4.99 Å². The third-order valence-corrected chi connectivity index (χ3v) is 3.11. The number of hydrogen-bond acceptors (Lipinski definition) is 3. The summed E-state index contributed by atoms with van der Waals surface area (Å²) in [6.45, 7) is 12.3. The maximum atomic E-state index is 11.6. The standard InChI is InChI=1S/C16H34N4O2/c1-7-22-16(21)20-14(10-13(4)5)11-19-15(17-6)18-9-8-12(2)3/h12-14H,7-11H2,1-6H3,(H,20,21)(H2,17,18,19). The van der Waals surface area contributed by atoms with Crippen LogP contribution in [-0.2, 0) is 4.74 Å². The number of carbonyl (C=O) groups is 1. The maximum Gasteiger partial charge on any atom is 0.407 e. The van der Waals surface area contributed by atoms with Crippen molar-refractivity contribution in [1.29, 1.82) is 0 Å². The van der Waals surface area contributed by atoms with E-state index in [1.54, 1.807) is 14.0 Å². The molecule has 0 aliphatic rings. The minimum absolute atomic E-state index is 0.0164. The largest absolute Gasteiger partial charge is 0.450 e. The van der Waals surface area contributed by atoms with E-state index in [9.17, 15) is 4.79 Å². The summed E-state index contributed by atoms with van der Waals surface area (Å²) in [5.41, 5.74) is 0. The van der Waals surface area contributed by atoms with Gasteiger partial charge in [0.15, 0.2) is 5.96 Å². The predicted octanol–water partition coefficient (Wildman–Crippen LogP) is 2.36. The molecule has 0 aromatic heterocycles. The van der Waals surface area contributed by atoms with E-state index in [2.05, 4.69) is 48.6 Å². The summed E-state index contributed by atoms with van der Waals surface area (Å²) in [7, 11) is 1.75. The fourth-order valence-corrected chi connectivity index (χ4v) is 2.02. The Morgan fingerprint density at radius 1 is 1.14 bits per heavy atom. The second-order valence-electron chi connectivity index (χ2n) is 6.25. The molecule has 6 nitrogen and oxygen atoms in total. The van der Waals surface area contributed by atoms with Crippen molar-refractivity contribution in [3.8, 4) is 0 Å². The van der Waals surface area contributed by atoms with Crippen LogP contribution in [0.4, 0.5) is 4.79 Å². The Balaban J connectivity index is 4.30. The number of aliphatic imine (C=N–C) groups is 1. The van der Waals surface area contributed by atoms with Crippen LogP contribution in [-0.4, -0.2) is 44.8 Å². The number of hydrogen-bond donors (Lipinski definition) is 3. The van der Waals surface area contributed by atoms with Crippen LogP contribution in [0.25, 0.3) is 0 Å². The van der Waals surface area contributed by atoms with Gasteiger partial charge in [-0.05, 0) is 31.6 Å². The molecular formula is C16H34N4O2. The minimum atomic E-state index is -0.363. The van der Waals surface area contributed by atoms with Crippen molar-refractivity contribution in [2.45, 2.75) is 53.5 Å². The lowest BCUT2D eigenvalue weighted by atomic mass is 10.0. The Hall–Kier alpha value is -1.46. The van der Waals surface area contributed by atoms with Gasteiger partial charge in [-0.15, -0.1) is 0 Å². The highest BCUT2D eigenvalue weighted by Crippen LogP contribution is 2.04. The number of ether oxygens (including phenoxy) is 1. The van der Waals surface area contributed by atoms with E-state index < -0.39 is 0 Å². The lowest BCUT2D eigenvalue weighted by molar-refractivity contribution is 0.146. The van der Waals surface area contributed by atoms with Crippen LogP contribution in [0.1, 0.15) is 47.5 Å². The Morgan fingerprint density at radius 3 is 2.32 bits per heavy atom. The first-order valence-electron chi connectivity index (χ1n) is 8.26. The summed E-state index contributed by atoms with van der Waals surface area (Å²) in [5, 5.41) is 9.44. The van der Waals surface area contributed by atoms with Crippen LogP contribution < -0.4 is 16.0 Å². The number of rotatable bonds is 9. The van der Waals surface area contributed by atoms with E-state index in [1.165, 1.54) is 0 Å². The normalized spacial score (nSPS) is 13.2. The smallest absolute Gasteiger partial charge is 0.407 e. The lowest BCUT2D eigenvalue weighted by Crippen LogP contribution is -2.47. The van der Waals surface area contributed by atoms with E-state index in [1.807, 2.05) is 0 Å². The molecule has 22 heavy (non-hydrogen) atoms. The van der Waals surface area contributed by atoms with E-state index in [0.29, 0.717) is 25.0 Å². The average molecular weight is 314 g/mol. The highest BCUT2D eigenvalue weighted by atomic mass is 16.5. The number of alkyl carbamates (subject to hydrolysis) is 1. The monoisotopic (exact) mass is 314 g/mol. The van der Waals surface area contributed by atoms with E-state index in [4.69, 9.17) is 4.74 Å². The van der Waals surface area contributed by atoms with E-state index >= 15 is 0 Å². The fraction of sp³-hybridized carbons (Fsp3) is 0.875. The molecule has 0 bridgehead atoms. The molecule has 0 aromatic carbocycles. The summed E-state index contributed by atoms with van der Waals surface area (Å²) in [6, 6.07) is 0.0164. The van der Waals surface area contributed by atoms with Gasteiger partial charge < -0.3 is 20.7 Å². The third kappa shape index (κ3) is 11.2. The molecular weight excluding hydrogens is 280 g/mol. The van der Waals surface area contributed by atoms with Gasteiger partial charge >= 0.3 is 6.09 Å². The molecule has 1 atom stereocenters. The van der Waals surface area contributed by atoms with Gasteiger partial charge in [-0.1, -0.05) is 27.7 Å². The Bertz CT molecular complexity index is 330. The molecule has 0 fully saturated rings. The minimum Gasteiger partial charge on any atom is -0.450 e. The number of nitrogens with zero attached hydrogens (tertiary/aromatic N) is 1. The molecule has 0 rings (SSSR count). The quantitative estimate of drug-likeness (QED) is 0.451. The summed E-state index contributed by atoms with van der Waals surface area (Å²) in [4.78, 5) is 15.8. The maximum absolute atomic E-state index is 11.6. The van der Waals surface area contributed by atoms with Crippen molar-refractivity contribution >= 4 is 12.1 Å². The Labute approximate surface area is 135 Å². The van der Waals surface area contributed by atoms with Crippen LogP contribution in [0.3, 0.4) is 0 Å². The van der Waals surface area contributed by atoms with Gasteiger partial charge in [0.1, 0.15) is 0 Å².